The summed E-state index contributed by atoms with van der Waals surface area (Å²) in [6.45, 7) is 0.0426. The molecule has 2 aromatic carbocycles. The van der Waals surface area contributed by atoms with E-state index in [1.807, 2.05) is 6.07 Å². The van der Waals surface area contributed by atoms with E-state index in [1.54, 1.807) is 30.3 Å². The molecule has 0 aliphatic carbocycles. The maximum absolute atomic E-state index is 13.0. The van der Waals surface area contributed by atoms with Crippen LogP contribution in [0.4, 0.5) is 19.0 Å². The Morgan fingerprint density at radius 1 is 1.04 bits per heavy atom. The third-order valence-corrected chi connectivity index (χ3v) is 4.30. The molecular weight excluding hydrogens is 355 g/mol. The smallest absolute Gasteiger partial charge is 0.384 e. The highest BCUT2D eigenvalue weighted by Gasteiger charge is 2.30. The number of nitriles is 1. The van der Waals surface area contributed by atoms with Gasteiger partial charge in [0.05, 0.1) is 23.1 Å². The molecule has 0 aliphatic rings. The molecule has 2 aromatic heterocycles. The number of rotatable bonds is 2. The predicted molar refractivity (Wildman–Crippen MR) is 94.7 cm³/mol. The highest BCUT2D eigenvalue weighted by atomic mass is 19.4. The summed E-state index contributed by atoms with van der Waals surface area (Å²) in [5, 5.41) is 9.46. The van der Waals surface area contributed by atoms with Crippen LogP contribution in [0.3, 0.4) is 0 Å². The molecule has 0 amide bonds. The summed E-state index contributed by atoms with van der Waals surface area (Å²) in [7, 11) is 0. The van der Waals surface area contributed by atoms with Crippen molar-refractivity contribution in [3.63, 3.8) is 0 Å². The first-order valence-electron chi connectivity index (χ1n) is 7.99. The molecule has 0 saturated heterocycles. The van der Waals surface area contributed by atoms with Gasteiger partial charge in [0.15, 0.2) is 5.65 Å². The van der Waals surface area contributed by atoms with Crippen LogP contribution in [0.15, 0.2) is 48.5 Å². The molecule has 4 rings (SSSR count). The van der Waals surface area contributed by atoms with Crippen LogP contribution >= 0.6 is 0 Å². The zero-order valence-electron chi connectivity index (χ0n) is 13.8. The summed E-state index contributed by atoms with van der Waals surface area (Å²) in [6.07, 6.45) is -4.44. The lowest BCUT2D eigenvalue weighted by atomic mass is 10.1. The summed E-state index contributed by atoms with van der Waals surface area (Å²) in [5.74, 6) is 0.125. The molecule has 0 aliphatic heterocycles. The van der Waals surface area contributed by atoms with E-state index in [1.165, 1.54) is 10.6 Å². The average Bonchev–Trinajstić information content (AvgIpc) is 2.90. The number of nitrogens with two attached hydrogens (primary N) is 1. The summed E-state index contributed by atoms with van der Waals surface area (Å²) >= 11 is 0. The second-order valence-corrected chi connectivity index (χ2v) is 6.04. The molecule has 2 heterocycles. The highest BCUT2D eigenvalue weighted by molar-refractivity contribution is 5.92. The zero-order chi connectivity index (χ0) is 19.2. The SMILES string of the molecule is N#Cc1c(N)n(Cc2cccc(C(F)(F)F)c2)c2nc3ccccc3nc12. The topological polar surface area (TPSA) is 80.5 Å². The van der Waals surface area contributed by atoms with Gasteiger partial charge in [0.1, 0.15) is 23.0 Å². The van der Waals surface area contributed by atoms with Crippen molar-refractivity contribution in [2.45, 2.75) is 12.7 Å². The summed E-state index contributed by atoms with van der Waals surface area (Å²) in [6, 6.07) is 14.1. The Balaban J connectivity index is 1.90. The molecule has 8 heteroatoms. The van der Waals surface area contributed by atoms with Crippen LogP contribution in [0, 0.1) is 11.3 Å². The molecule has 134 valence electrons. The second kappa shape index (κ2) is 5.99. The molecule has 2 N–H and O–H groups in total. The summed E-state index contributed by atoms with van der Waals surface area (Å²) < 4.78 is 40.4. The maximum atomic E-state index is 13.0. The fourth-order valence-electron chi connectivity index (χ4n) is 3.02. The molecule has 0 fully saturated rings. The van der Waals surface area contributed by atoms with E-state index in [2.05, 4.69) is 9.97 Å². The molecule has 4 aromatic rings. The van der Waals surface area contributed by atoms with E-state index >= 15 is 0 Å². The van der Waals surface area contributed by atoms with E-state index in [0.29, 0.717) is 27.8 Å². The molecule has 0 bridgehead atoms. The number of aromatic nitrogens is 3. The third-order valence-electron chi connectivity index (χ3n) is 4.30. The van der Waals surface area contributed by atoms with Crippen LogP contribution in [0.25, 0.3) is 22.2 Å². The van der Waals surface area contributed by atoms with Gasteiger partial charge in [-0.1, -0.05) is 24.3 Å². The summed E-state index contributed by atoms with van der Waals surface area (Å²) in [5.41, 5.74) is 7.83. The van der Waals surface area contributed by atoms with Gasteiger partial charge >= 0.3 is 6.18 Å². The lowest BCUT2D eigenvalue weighted by molar-refractivity contribution is -0.137. The minimum absolute atomic E-state index is 0.0426. The van der Waals surface area contributed by atoms with Crippen LogP contribution in [-0.2, 0) is 12.7 Å². The third kappa shape index (κ3) is 2.83. The largest absolute Gasteiger partial charge is 0.416 e. The van der Waals surface area contributed by atoms with Crippen LogP contribution in [0.1, 0.15) is 16.7 Å². The number of hydrogen-bond acceptors (Lipinski definition) is 4. The number of anilines is 1. The highest BCUT2D eigenvalue weighted by Crippen LogP contribution is 2.31. The van der Waals surface area contributed by atoms with Gasteiger partial charge in [0.25, 0.3) is 0 Å². The Morgan fingerprint density at radius 3 is 2.41 bits per heavy atom. The minimum Gasteiger partial charge on any atom is -0.384 e. The standard InChI is InChI=1S/C19H12F3N5/c20-19(21,22)12-5-3-4-11(8-12)10-27-17(24)13(9-23)16-18(27)26-15-7-2-1-6-14(15)25-16/h1-8H,10,24H2. The second-order valence-electron chi connectivity index (χ2n) is 6.04. The van der Waals surface area contributed by atoms with Crippen molar-refractivity contribution in [2.24, 2.45) is 0 Å². The quantitative estimate of drug-likeness (QED) is 0.578. The van der Waals surface area contributed by atoms with Crippen molar-refractivity contribution < 1.29 is 13.2 Å². The van der Waals surface area contributed by atoms with Crippen LogP contribution in [0.5, 0.6) is 0 Å². The zero-order valence-corrected chi connectivity index (χ0v) is 13.8. The van der Waals surface area contributed by atoms with E-state index < -0.39 is 11.7 Å². The van der Waals surface area contributed by atoms with Crippen LogP contribution in [-0.4, -0.2) is 14.5 Å². The van der Waals surface area contributed by atoms with E-state index in [4.69, 9.17) is 5.73 Å². The monoisotopic (exact) mass is 367 g/mol. The average molecular weight is 367 g/mol. The molecule has 0 radical (unpaired) electrons. The normalized spacial score (nSPS) is 11.8. The van der Waals surface area contributed by atoms with Crippen molar-refractivity contribution in [3.8, 4) is 6.07 Å². The van der Waals surface area contributed by atoms with Crippen LogP contribution < -0.4 is 5.73 Å². The van der Waals surface area contributed by atoms with Gasteiger partial charge in [-0.15, -0.1) is 0 Å². The number of nitrogen functional groups attached to an aromatic ring is 1. The Bertz CT molecular complexity index is 1220. The van der Waals surface area contributed by atoms with E-state index in [9.17, 15) is 18.4 Å². The van der Waals surface area contributed by atoms with Gasteiger partial charge in [-0.2, -0.15) is 18.4 Å². The van der Waals surface area contributed by atoms with Crippen LogP contribution in [0.2, 0.25) is 0 Å². The fraction of sp³-hybridized carbons (Fsp3) is 0.105. The van der Waals surface area contributed by atoms with Crippen molar-refractivity contribution in [1.82, 2.24) is 14.5 Å². The van der Waals surface area contributed by atoms with E-state index in [0.717, 1.165) is 12.1 Å². The maximum Gasteiger partial charge on any atom is 0.416 e. The molecule has 0 atom stereocenters. The number of para-hydroxylation sites is 2. The van der Waals surface area contributed by atoms with Crippen molar-refractivity contribution in [1.29, 1.82) is 5.26 Å². The van der Waals surface area contributed by atoms with Gasteiger partial charge in [-0.05, 0) is 29.8 Å². The molecule has 0 spiro atoms. The minimum atomic E-state index is -4.44. The van der Waals surface area contributed by atoms with Gasteiger partial charge in [-0.3, -0.25) is 0 Å². The van der Waals surface area contributed by atoms with Gasteiger partial charge in [0, 0.05) is 0 Å². The number of halogens is 3. The predicted octanol–water partition coefficient (Wildman–Crippen LogP) is 4.11. The fourth-order valence-corrected chi connectivity index (χ4v) is 3.02. The first kappa shape index (κ1) is 16.8. The molecule has 0 saturated carbocycles. The lowest BCUT2D eigenvalue weighted by Gasteiger charge is -2.11. The van der Waals surface area contributed by atoms with Crippen molar-refractivity contribution in [3.05, 3.63) is 65.2 Å². The Labute approximate surface area is 151 Å². The first-order valence-corrected chi connectivity index (χ1v) is 7.99. The number of benzene rings is 2. The van der Waals surface area contributed by atoms with Gasteiger partial charge < -0.3 is 10.3 Å². The molecule has 27 heavy (non-hydrogen) atoms. The van der Waals surface area contributed by atoms with Gasteiger partial charge in [-0.25, -0.2) is 9.97 Å². The Kier molecular flexibility index (Phi) is 3.73. The molecule has 0 unspecified atom stereocenters. The number of hydrogen-bond donors (Lipinski definition) is 1. The lowest BCUT2D eigenvalue weighted by Crippen LogP contribution is -2.08. The molecular formula is C19H12F3N5. The molecule has 5 nitrogen and oxygen atoms in total. The van der Waals surface area contributed by atoms with E-state index in [-0.39, 0.29) is 17.9 Å². The number of fused-ring (bicyclic) bond motifs is 2. The van der Waals surface area contributed by atoms with Gasteiger partial charge in [0.2, 0.25) is 0 Å². The Hall–Kier alpha value is -3.60. The Morgan fingerprint density at radius 2 is 1.74 bits per heavy atom. The number of alkyl halides is 3. The summed E-state index contributed by atoms with van der Waals surface area (Å²) in [4.78, 5) is 8.98. The van der Waals surface area contributed by atoms with Crippen molar-refractivity contribution >= 4 is 28.0 Å². The number of nitrogens with zero attached hydrogens (tertiary/aromatic N) is 4. The first-order chi connectivity index (χ1) is 12.9. The van der Waals surface area contributed by atoms with Crippen molar-refractivity contribution in [2.75, 3.05) is 5.73 Å².